The zero-order valence-corrected chi connectivity index (χ0v) is 15.2. The first-order valence-corrected chi connectivity index (χ1v) is 9.09. The van der Waals surface area contributed by atoms with Gasteiger partial charge in [0.05, 0.1) is 27.0 Å². The van der Waals surface area contributed by atoms with Crippen LogP contribution in [0.1, 0.15) is 26.7 Å². The molecule has 4 N–H and O–H groups in total. The summed E-state index contributed by atoms with van der Waals surface area (Å²) in [6.45, 7) is 0. The van der Waals surface area contributed by atoms with E-state index in [1.807, 2.05) is 30.3 Å². The number of benzene rings is 2. The third-order valence-corrected chi connectivity index (χ3v) is 5.65. The molecule has 0 aliphatic carbocycles. The van der Waals surface area contributed by atoms with Crippen molar-refractivity contribution in [1.29, 1.82) is 0 Å². The molecule has 2 aromatic carbocycles. The lowest BCUT2D eigenvalue weighted by Gasteiger charge is -2.28. The van der Waals surface area contributed by atoms with Crippen molar-refractivity contribution < 1.29 is 14.5 Å². The fourth-order valence-electron chi connectivity index (χ4n) is 3.05. The number of non-ortho nitro benzene ring substituents is 1. The Morgan fingerprint density at radius 3 is 2.61 bits per heavy atom. The third-order valence-electron chi connectivity index (χ3n) is 4.38. The summed E-state index contributed by atoms with van der Waals surface area (Å²) < 4.78 is 5.82. The smallest absolute Gasteiger partial charge is 0.270 e. The number of nitrogen functional groups attached to an aromatic ring is 2. The molecule has 1 aromatic heterocycles. The van der Waals surface area contributed by atoms with Gasteiger partial charge in [-0.1, -0.05) is 18.2 Å². The molecule has 1 aliphatic rings. The molecule has 1 unspecified atom stereocenters. The predicted molar refractivity (Wildman–Crippen MR) is 106 cm³/mol. The fraction of sp³-hybridized carbons (Fsp3) is 0.0526. The van der Waals surface area contributed by atoms with Crippen LogP contribution in [0.15, 0.2) is 53.4 Å². The molecule has 140 valence electrons. The molecule has 0 bridgehead atoms. The topological polar surface area (TPSA) is 134 Å². The van der Waals surface area contributed by atoms with E-state index in [1.165, 1.54) is 30.0 Å². The van der Waals surface area contributed by atoms with Crippen LogP contribution < -0.4 is 16.2 Å². The second kappa shape index (κ2) is 6.86. The minimum atomic E-state index is -0.471. The first-order valence-electron chi connectivity index (χ1n) is 8.21. The Bertz CT molecular complexity index is 1100. The number of carbonyl (C=O) groups excluding carboxylic acids is 1. The van der Waals surface area contributed by atoms with Crippen molar-refractivity contribution in [3.05, 3.63) is 75.3 Å². The zero-order chi connectivity index (χ0) is 19.8. The second-order valence-electron chi connectivity index (χ2n) is 6.05. The Balaban J connectivity index is 1.94. The number of nitro benzene ring substituents is 1. The lowest BCUT2D eigenvalue weighted by atomic mass is 9.98. The molecule has 0 radical (unpaired) electrons. The van der Waals surface area contributed by atoms with Gasteiger partial charge in [-0.2, -0.15) is 4.98 Å². The standard InChI is InChI=1S/C19H14N4O4S/c20-16-13(9-24)18(21)22-19-15(16)17(28-11-4-2-1-3-5-11)12-8-10(23(25)26)6-7-14(12)27-19/h1-9,17H,(H4,20,21,22). The van der Waals surface area contributed by atoms with Gasteiger partial charge in [-0.05, 0) is 18.2 Å². The SMILES string of the molecule is Nc1nc2c(c(N)c1C=O)C(Sc1ccccc1)c1cc([N+](=O)[O-])ccc1O2. The molecule has 0 fully saturated rings. The van der Waals surface area contributed by atoms with Crippen molar-refractivity contribution in [2.75, 3.05) is 11.5 Å². The summed E-state index contributed by atoms with van der Waals surface area (Å²) in [5.74, 6) is 0.590. The zero-order valence-electron chi connectivity index (χ0n) is 14.4. The molecule has 28 heavy (non-hydrogen) atoms. The van der Waals surface area contributed by atoms with Crippen molar-refractivity contribution in [3.63, 3.8) is 0 Å². The van der Waals surface area contributed by atoms with Crippen LogP contribution in [0.2, 0.25) is 0 Å². The quantitative estimate of drug-likeness (QED) is 0.386. The second-order valence-corrected chi connectivity index (χ2v) is 7.23. The number of pyridine rings is 1. The Labute approximate surface area is 163 Å². The average Bonchev–Trinajstić information content (AvgIpc) is 2.68. The van der Waals surface area contributed by atoms with Gasteiger partial charge in [0, 0.05) is 22.6 Å². The molecule has 1 atom stereocenters. The van der Waals surface area contributed by atoms with E-state index in [9.17, 15) is 14.9 Å². The largest absolute Gasteiger partial charge is 0.438 e. The molecule has 0 spiro atoms. The van der Waals surface area contributed by atoms with Crippen LogP contribution in [0, 0.1) is 10.1 Å². The molecule has 8 nitrogen and oxygen atoms in total. The van der Waals surface area contributed by atoms with Crippen molar-refractivity contribution in [2.45, 2.75) is 10.1 Å². The number of nitrogens with two attached hydrogens (primary N) is 2. The molecular weight excluding hydrogens is 380 g/mol. The number of hydrogen-bond acceptors (Lipinski definition) is 8. The summed E-state index contributed by atoms with van der Waals surface area (Å²) in [5, 5.41) is 10.8. The number of carbonyl (C=O) groups is 1. The van der Waals surface area contributed by atoms with Crippen LogP contribution in [-0.2, 0) is 0 Å². The maximum atomic E-state index is 11.5. The summed E-state index contributed by atoms with van der Waals surface area (Å²) in [5.41, 5.74) is 13.3. The highest BCUT2D eigenvalue weighted by molar-refractivity contribution is 7.99. The monoisotopic (exact) mass is 394 g/mol. The minimum Gasteiger partial charge on any atom is -0.438 e. The van der Waals surface area contributed by atoms with Gasteiger partial charge in [0.15, 0.2) is 6.29 Å². The van der Waals surface area contributed by atoms with E-state index in [0.29, 0.717) is 23.2 Å². The Hall–Kier alpha value is -3.59. The first-order chi connectivity index (χ1) is 13.5. The van der Waals surface area contributed by atoms with E-state index < -0.39 is 10.2 Å². The summed E-state index contributed by atoms with van der Waals surface area (Å²) >= 11 is 1.43. The van der Waals surface area contributed by atoms with Gasteiger partial charge in [0.1, 0.15) is 11.6 Å². The van der Waals surface area contributed by atoms with Gasteiger partial charge in [-0.15, -0.1) is 11.8 Å². The molecule has 9 heteroatoms. The number of aromatic nitrogens is 1. The van der Waals surface area contributed by atoms with Gasteiger partial charge in [-0.3, -0.25) is 14.9 Å². The number of ether oxygens (including phenoxy) is 1. The summed E-state index contributed by atoms with van der Waals surface area (Å²) in [4.78, 5) is 27.4. The molecular formula is C19H14N4O4S. The highest BCUT2D eigenvalue weighted by Crippen LogP contribution is 2.54. The van der Waals surface area contributed by atoms with Crippen LogP contribution in [0.3, 0.4) is 0 Å². The maximum absolute atomic E-state index is 11.5. The number of rotatable bonds is 4. The van der Waals surface area contributed by atoms with Gasteiger partial charge in [0.25, 0.3) is 5.69 Å². The Morgan fingerprint density at radius 2 is 1.93 bits per heavy atom. The number of aldehydes is 1. The van der Waals surface area contributed by atoms with Crippen molar-refractivity contribution >= 4 is 35.2 Å². The molecule has 2 heterocycles. The predicted octanol–water partition coefficient (Wildman–Crippen LogP) is 3.95. The van der Waals surface area contributed by atoms with Gasteiger partial charge in [-0.25, -0.2) is 0 Å². The summed E-state index contributed by atoms with van der Waals surface area (Å²) in [6.07, 6.45) is 0.547. The van der Waals surface area contributed by atoms with E-state index in [0.717, 1.165) is 4.90 Å². The van der Waals surface area contributed by atoms with Crippen LogP contribution in [-0.4, -0.2) is 16.2 Å². The number of anilines is 2. The lowest BCUT2D eigenvalue weighted by molar-refractivity contribution is -0.384. The minimum absolute atomic E-state index is 0.0277. The number of hydrogen-bond donors (Lipinski definition) is 2. The molecule has 1 aliphatic heterocycles. The highest BCUT2D eigenvalue weighted by atomic mass is 32.2. The molecule has 3 aromatic rings. The summed E-state index contributed by atoms with van der Waals surface area (Å²) in [7, 11) is 0. The van der Waals surface area contributed by atoms with E-state index >= 15 is 0 Å². The molecule has 0 amide bonds. The van der Waals surface area contributed by atoms with E-state index in [4.69, 9.17) is 16.2 Å². The van der Waals surface area contributed by atoms with Crippen LogP contribution in [0.4, 0.5) is 17.2 Å². The molecule has 0 saturated carbocycles. The van der Waals surface area contributed by atoms with Crippen LogP contribution >= 0.6 is 11.8 Å². The fourth-order valence-corrected chi connectivity index (χ4v) is 4.29. The maximum Gasteiger partial charge on any atom is 0.270 e. The van der Waals surface area contributed by atoms with Gasteiger partial charge in [0.2, 0.25) is 5.88 Å². The van der Waals surface area contributed by atoms with Gasteiger partial charge >= 0.3 is 0 Å². The normalized spacial score (nSPS) is 14.5. The van der Waals surface area contributed by atoms with Crippen molar-refractivity contribution in [2.24, 2.45) is 0 Å². The van der Waals surface area contributed by atoms with E-state index in [-0.39, 0.29) is 28.6 Å². The first kappa shape index (κ1) is 17.8. The van der Waals surface area contributed by atoms with E-state index in [2.05, 4.69) is 4.98 Å². The van der Waals surface area contributed by atoms with Crippen LogP contribution in [0.5, 0.6) is 11.6 Å². The Kier molecular flexibility index (Phi) is 4.36. The van der Waals surface area contributed by atoms with Crippen molar-refractivity contribution in [3.8, 4) is 11.6 Å². The molecule has 0 saturated heterocycles. The Morgan fingerprint density at radius 1 is 1.18 bits per heavy atom. The van der Waals surface area contributed by atoms with Gasteiger partial charge < -0.3 is 16.2 Å². The van der Waals surface area contributed by atoms with Crippen molar-refractivity contribution in [1.82, 2.24) is 4.98 Å². The number of nitrogens with zero attached hydrogens (tertiary/aromatic N) is 2. The third kappa shape index (κ3) is 2.91. The highest BCUT2D eigenvalue weighted by Gasteiger charge is 2.34. The number of fused-ring (bicyclic) bond motifs is 2. The van der Waals surface area contributed by atoms with E-state index in [1.54, 1.807) is 0 Å². The number of thioether (sulfide) groups is 1. The van der Waals surface area contributed by atoms with Crippen LogP contribution in [0.25, 0.3) is 0 Å². The lowest BCUT2D eigenvalue weighted by Crippen LogP contribution is -2.15. The average molecular weight is 394 g/mol. The number of nitro groups is 1. The molecule has 4 rings (SSSR count). The summed E-state index contributed by atoms with van der Waals surface area (Å²) in [6, 6.07) is 13.8.